The standard InChI is InChI=1S/C22H23Cl2FN2O4/c1-5-12-13(6-7-18-19(12)31-9-8-30-18)20(28)26-27(22(2,3)4)21(29)14-10-17(25)16(24)11-15(14)23/h6-7,10-11H,5,8-9H2,1-4H3,(H,26,28). The number of amides is 2. The zero-order chi connectivity index (χ0) is 22.9. The number of carbonyl (C=O) groups is 2. The van der Waals surface area contributed by atoms with E-state index in [2.05, 4.69) is 5.43 Å². The number of halogens is 3. The molecule has 1 aliphatic rings. The second-order valence-electron chi connectivity index (χ2n) is 7.97. The number of fused-ring (bicyclic) bond motifs is 1. The third-order valence-electron chi connectivity index (χ3n) is 4.74. The SMILES string of the molecule is CCc1c(C(=O)NN(C(=O)c2cc(F)c(Cl)cc2Cl)C(C)(C)C)ccc2c1OCCO2. The van der Waals surface area contributed by atoms with Crippen LogP contribution in [0.25, 0.3) is 0 Å². The summed E-state index contributed by atoms with van der Waals surface area (Å²) >= 11 is 11.9. The average Bonchev–Trinajstić information content (AvgIpc) is 2.72. The minimum Gasteiger partial charge on any atom is -0.486 e. The molecule has 31 heavy (non-hydrogen) atoms. The van der Waals surface area contributed by atoms with Crippen molar-refractivity contribution in [3.63, 3.8) is 0 Å². The number of hydrogen-bond donors (Lipinski definition) is 1. The lowest BCUT2D eigenvalue weighted by molar-refractivity contribution is 0.0357. The number of rotatable bonds is 3. The van der Waals surface area contributed by atoms with Gasteiger partial charge in [0, 0.05) is 11.1 Å². The van der Waals surface area contributed by atoms with Crippen LogP contribution in [0.15, 0.2) is 24.3 Å². The van der Waals surface area contributed by atoms with Crippen LogP contribution in [0.5, 0.6) is 11.5 Å². The number of hydrogen-bond acceptors (Lipinski definition) is 4. The van der Waals surface area contributed by atoms with Gasteiger partial charge in [-0.25, -0.2) is 9.40 Å². The molecule has 0 atom stereocenters. The zero-order valence-electron chi connectivity index (χ0n) is 17.6. The highest BCUT2D eigenvalue weighted by molar-refractivity contribution is 6.36. The molecule has 2 amide bonds. The molecule has 3 rings (SSSR count). The van der Waals surface area contributed by atoms with Gasteiger partial charge in [-0.15, -0.1) is 0 Å². The number of nitrogens with one attached hydrogen (secondary N) is 1. The first-order valence-electron chi connectivity index (χ1n) is 9.76. The Morgan fingerprint density at radius 3 is 2.42 bits per heavy atom. The van der Waals surface area contributed by atoms with Crippen LogP contribution in [0.3, 0.4) is 0 Å². The van der Waals surface area contributed by atoms with Crippen molar-refractivity contribution in [2.24, 2.45) is 0 Å². The van der Waals surface area contributed by atoms with Gasteiger partial charge in [0.2, 0.25) is 0 Å². The fourth-order valence-corrected chi connectivity index (χ4v) is 3.69. The molecule has 1 heterocycles. The summed E-state index contributed by atoms with van der Waals surface area (Å²) in [6.45, 7) is 7.92. The first-order chi connectivity index (χ1) is 14.5. The van der Waals surface area contributed by atoms with Gasteiger partial charge >= 0.3 is 0 Å². The summed E-state index contributed by atoms with van der Waals surface area (Å²) in [7, 11) is 0. The Morgan fingerprint density at radius 2 is 1.77 bits per heavy atom. The molecule has 0 bridgehead atoms. The molecule has 6 nitrogen and oxygen atoms in total. The van der Waals surface area contributed by atoms with E-state index in [1.54, 1.807) is 32.9 Å². The van der Waals surface area contributed by atoms with Gasteiger partial charge in [0.1, 0.15) is 19.0 Å². The maximum atomic E-state index is 14.0. The highest BCUT2D eigenvalue weighted by Crippen LogP contribution is 2.36. The summed E-state index contributed by atoms with van der Waals surface area (Å²) in [6.07, 6.45) is 0.521. The number of nitrogens with zero attached hydrogens (tertiary/aromatic N) is 1. The molecule has 0 saturated heterocycles. The van der Waals surface area contributed by atoms with Crippen molar-refractivity contribution < 1.29 is 23.5 Å². The minimum absolute atomic E-state index is 0.0199. The number of hydrazine groups is 1. The predicted molar refractivity (Wildman–Crippen MR) is 117 cm³/mol. The van der Waals surface area contributed by atoms with E-state index < -0.39 is 23.2 Å². The van der Waals surface area contributed by atoms with Crippen LogP contribution in [0.2, 0.25) is 10.0 Å². The second kappa shape index (κ2) is 8.93. The lowest BCUT2D eigenvalue weighted by Gasteiger charge is -2.36. The van der Waals surface area contributed by atoms with Crippen molar-refractivity contribution in [2.45, 2.75) is 39.7 Å². The number of ether oxygens (including phenoxy) is 2. The van der Waals surface area contributed by atoms with Crippen molar-refractivity contribution in [3.8, 4) is 11.5 Å². The molecule has 1 aliphatic heterocycles. The maximum absolute atomic E-state index is 14.0. The third kappa shape index (κ3) is 4.72. The largest absolute Gasteiger partial charge is 0.486 e. The summed E-state index contributed by atoms with van der Waals surface area (Å²) in [6, 6.07) is 5.41. The fraction of sp³-hybridized carbons (Fsp3) is 0.364. The van der Waals surface area contributed by atoms with Crippen molar-refractivity contribution >= 4 is 35.0 Å². The Bertz CT molecular complexity index is 1040. The van der Waals surface area contributed by atoms with E-state index in [1.807, 2.05) is 6.92 Å². The lowest BCUT2D eigenvalue weighted by Crippen LogP contribution is -2.56. The Labute approximate surface area is 190 Å². The molecule has 0 unspecified atom stereocenters. The van der Waals surface area contributed by atoms with Gasteiger partial charge in [-0.05, 0) is 51.5 Å². The van der Waals surface area contributed by atoms with Crippen LogP contribution in [-0.4, -0.2) is 35.6 Å². The van der Waals surface area contributed by atoms with Crippen molar-refractivity contribution in [3.05, 3.63) is 56.8 Å². The third-order valence-corrected chi connectivity index (χ3v) is 5.34. The molecule has 0 fully saturated rings. The van der Waals surface area contributed by atoms with Crippen LogP contribution < -0.4 is 14.9 Å². The van der Waals surface area contributed by atoms with Gasteiger partial charge in [-0.2, -0.15) is 0 Å². The molecule has 0 aliphatic carbocycles. The summed E-state index contributed by atoms with van der Waals surface area (Å²) in [4.78, 5) is 26.4. The van der Waals surface area contributed by atoms with E-state index in [1.165, 1.54) is 0 Å². The second-order valence-corrected chi connectivity index (χ2v) is 8.78. The number of benzene rings is 2. The summed E-state index contributed by atoms with van der Waals surface area (Å²) in [5.74, 6) is -0.862. The Balaban J connectivity index is 1.97. The molecule has 1 N–H and O–H groups in total. The molecule has 166 valence electrons. The summed E-state index contributed by atoms with van der Waals surface area (Å²) < 4.78 is 25.3. The first kappa shape index (κ1) is 23.2. The zero-order valence-corrected chi connectivity index (χ0v) is 19.2. The quantitative estimate of drug-likeness (QED) is 0.505. The van der Waals surface area contributed by atoms with E-state index in [4.69, 9.17) is 32.7 Å². The molecule has 0 radical (unpaired) electrons. The molecule has 2 aromatic carbocycles. The first-order valence-corrected chi connectivity index (χ1v) is 10.5. The number of carbonyl (C=O) groups excluding carboxylic acids is 2. The highest BCUT2D eigenvalue weighted by atomic mass is 35.5. The van der Waals surface area contributed by atoms with Crippen LogP contribution in [0.1, 0.15) is 54.0 Å². The van der Waals surface area contributed by atoms with E-state index >= 15 is 0 Å². The van der Waals surface area contributed by atoms with Crippen LogP contribution in [-0.2, 0) is 6.42 Å². The highest BCUT2D eigenvalue weighted by Gasteiger charge is 2.32. The van der Waals surface area contributed by atoms with E-state index in [0.29, 0.717) is 42.3 Å². The predicted octanol–water partition coefficient (Wildman–Crippen LogP) is 5.05. The molecule has 0 spiro atoms. The molecular weight excluding hydrogens is 446 g/mol. The molecular formula is C22H23Cl2FN2O4. The average molecular weight is 469 g/mol. The topological polar surface area (TPSA) is 67.9 Å². The smallest absolute Gasteiger partial charge is 0.274 e. The van der Waals surface area contributed by atoms with Crippen LogP contribution in [0.4, 0.5) is 4.39 Å². The van der Waals surface area contributed by atoms with Crippen LogP contribution in [0, 0.1) is 5.82 Å². The van der Waals surface area contributed by atoms with Gasteiger partial charge in [0.25, 0.3) is 11.8 Å². The molecule has 2 aromatic rings. The Kier molecular flexibility index (Phi) is 6.67. The van der Waals surface area contributed by atoms with Gasteiger partial charge in [-0.1, -0.05) is 30.1 Å². The molecule has 9 heteroatoms. The maximum Gasteiger partial charge on any atom is 0.274 e. The Hall–Kier alpha value is -2.51. The molecule has 0 aromatic heterocycles. The van der Waals surface area contributed by atoms with Crippen molar-refractivity contribution in [2.75, 3.05) is 13.2 Å². The molecule has 0 saturated carbocycles. The van der Waals surface area contributed by atoms with Crippen LogP contribution >= 0.6 is 23.2 Å². The monoisotopic (exact) mass is 468 g/mol. The van der Waals surface area contributed by atoms with Crippen molar-refractivity contribution in [1.82, 2.24) is 10.4 Å². The van der Waals surface area contributed by atoms with Gasteiger partial charge in [0.15, 0.2) is 11.5 Å². The van der Waals surface area contributed by atoms with Crippen molar-refractivity contribution in [1.29, 1.82) is 0 Å². The van der Waals surface area contributed by atoms with Gasteiger partial charge < -0.3 is 9.47 Å². The van der Waals surface area contributed by atoms with E-state index in [-0.39, 0.29) is 15.6 Å². The lowest BCUT2D eigenvalue weighted by atomic mass is 10.0. The summed E-state index contributed by atoms with van der Waals surface area (Å²) in [5, 5.41) is 0.908. The summed E-state index contributed by atoms with van der Waals surface area (Å²) in [5.41, 5.74) is 2.72. The van der Waals surface area contributed by atoms with Gasteiger partial charge in [-0.3, -0.25) is 15.0 Å². The Morgan fingerprint density at radius 1 is 1.10 bits per heavy atom. The normalized spacial score (nSPS) is 13.0. The minimum atomic E-state index is -0.841. The fourth-order valence-electron chi connectivity index (χ4n) is 3.23. The van der Waals surface area contributed by atoms with E-state index in [0.717, 1.165) is 17.1 Å². The van der Waals surface area contributed by atoms with Gasteiger partial charge in [0.05, 0.1) is 21.1 Å². The van der Waals surface area contributed by atoms with E-state index in [9.17, 15) is 14.0 Å².